The Bertz CT molecular complexity index is 551. The number of rotatable bonds is 3. The summed E-state index contributed by atoms with van der Waals surface area (Å²) in [6.45, 7) is 3.02. The van der Waals surface area contributed by atoms with Gasteiger partial charge in [0.2, 0.25) is 0 Å². The number of halogens is 2. The van der Waals surface area contributed by atoms with Crippen molar-refractivity contribution in [3.63, 3.8) is 0 Å². The summed E-state index contributed by atoms with van der Waals surface area (Å²) < 4.78 is 33.3. The number of carbonyl (C=O) groups excluding carboxylic acids is 1. The molecule has 0 atom stereocenters. The molecule has 2 saturated heterocycles. The van der Waals surface area contributed by atoms with Crippen molar-refractivity contribution < 1.29 is 18.3 Å². The van der Waals surface area contributed by atoms with E-state index in [1.165, 1.54) is 6.07 Å². The summed E-state index contributed by atoms with van der Waals surface area (Å²) in [4.78, 5) is 13.8. The van der Waals surface area contributed by atoms with E-state index in [1.54, 1.807) is 4.90 Å². The molecule has 24 heavy (non-hydrogen) atoms. The Hall–Kier alpha value is -1.73. The maximum atomic E-state index is 13.6. The Kier molecular flexibility index (Phi) is 5.63. The van der Waals surface area contributed by atoms with Crippen LogP contribution in [0.2, 0.25) is 0 Å². The summed E-state index contributed by atoms with van der Waals surface area (Å²) in [6.07, 6.45) is 3.99. The van der Waals surface area contributed by atoms with E-state index in [2.05, 4.69) is 10.6 Å². The van der Waals surface area contributed by atoms with Crippen molar-refractivity contribution >= 4 is 11.7 Å². The maximum absolute atomic E-state index is 13.6. The molecule has 0 spiro atoms. The summed E-state index contributed by atoms with van der Waals surface area (Å²) in [7, 11) is 0. The van der Waals surface area contributed by atoms with Gasteiger partial charge in [0.05, 0.1) is 12.2 Å². The van der Waals surface area contributed by atoms with E-state index in [-0.39, 0.29) is 6.10 Å². The molecule has 1 aromatic rings. The highest BCUT2D eigenvalue weighted by Crippen LogP contribution is 2.22. The Balaban J connectivity index is 1.48. The molecule has 2 heterocycles. The third-order valence-corrected chi connectivity index (χ3v) is 4.59. The van der Waals surface area contributed by atoms with Crippen molar-refractivity contribution in [1.82, 2.24) is 10.2 Å². The minimum absolute atomic E-state index is 0.155. The molecular weight excluding hydrogens is 316 g/mol. The monoisotopic (exact) mass is 339 g/mol. The third-order valence-electron chi connectivity index (χ3n) is 4.59. The number of nitrogens with zero attached hydrogens (tertiary/aromatic N) is 1. The summed E-state index contributed by atoms with van der Waals surface area (Å²) in [6, 6.07) is 3.04. The van der Waals surface area contributed by atoms with Crippen LogP contribution in [-0.2, 0) is 4.74 Å². The SMILES string of the molecule is O=C(Nc1c(F)cccc1F)N1CCC(OC2CCNCC2)CC1. The van der Waals surface area contributed by atoms with Crippen LogP contribution in [0, 0.1) is 11.6 Å². The van der Waals surface area contributed by atoms with Gasteiger partial charge >= 0.3 is 6.03 Å². The molecule has 0 bridgehead atoms. The normalized spacial score (nSPS) is 20.2. The lowest BCUT2D eigenvalue weighted by atomic mass is 10.1. The van der Waals surface area contributed by atoms with Gasteiger partial charge in [-0.1, -0.05) is 6.07 Å². The lowest BCUT2D eigenvalue weighted by Gasteiger charge is -2.35. The van der Waals surface area contributed by atoms with Gasteiger partial charge in [-0.05, 0) is 50.9 Å². The first-order valence-electron chi connectivity index (χ1n) is 8.49. The predicted octanol–water partition coefficient (Wildman–Crippen LogP) is 2.73. The molecule has 3 rings (SSSR count). The molecule has 0 aromatic heterocycles. The van der Waals surface area contributed by atoms with Gasteiger partial charge in [-0.25, -0.2) is 13.6 Å². The van der Waals surface area contributed by atoms with E-state index in [0.29, 0.717) is 19.2 Å². The zero-order valence-electron chi connectivity index (χ0n) is 13.6. The van der Waals surface area contributed by atoms with Gasteiger partial charge in [0.1, 0.15) is 17.3 Å². The minimum Gasteiger partial charge on any atom is -0.375 e. The number of anilines is 1. The number of likely N-dealkylation sites (tertiary alicyclic amines) is 1. The average Bonchev–Trinajstić information content (AvgIpc) is 2.60. The van der Waals surface area contributed by atoms with Crippen LogP contribution in [-0.4, -0.2) is 49.3 Å². The predicted molar refractivity (Wildman–Crippen MR) is 86.9 cm³/mol. The van der Waals surface area contributed by atoms with Crippen LogP contribution < -0.4 is 10.6 Å². The molecule has 2 N–H and O–H groups in total. The van der Waals surface area contributed by atoms with Gasteiger partial charge in [0.25, 0.3) is 0 Å². The van der Waals surface area contributed by atoms with Crippen molar-refractivity contribution in [2.24, 2.45) is 0 Å². The zero-order chi connectivity index (χ0) is 16.9. The van der Waals surface area contributed by atoms with Gasteiger partial charge < -0.3 is 20.3 Å². The standard InChI is InChI=1S/C17H23F2N3O2/c18-14-2-1-3-15(19)16(14)21-17(23)22-10-6-13(7-11-22)24-12-4-8-20-9-5-12/h1-3,12-13,20H,4-11H2,(H,21,23). The average molecular weight is 339 g/mol. The lowest BCUT2D eigenvalue weighted by Crippen LogP contribution is -2.44. The molecule has 0 aliphatic carbocycles. The van der Waals surface area contributed by atoms with Crippen molar-refractivity contribution in [2.75, 3.05) is 31.5 Å². The van der Waals surface area contributed by atoms with Crippen LogP contribution in [0.25, 0.3) is 0 Å². The minimum atomic E-state index is -0.771. The van der Waals surface area contributed by atoms with E-state index < -0.39 is 23.4 Å². The van der Waals surface area contributed by atoms with Crippen LogP contribution >= 0.6 is 0 Å². The Morgan fingerprint density at radius 3 is 2.29 bits per heavy atom. The lowest BCUT2D eigenvalue weighted by molar-refractivity contribution is -0.0482. The molecule has 2 amide bonds. The number of hydrogen-bond donors (Lipinski definition) is 2. The number of carbonyl (C=O) groups is 1. The molecule has 0 radical (unpaired) electrons. The number of hydrogen-bond acceptors (Lipinski definition) is 3. The molecule has 0 saturated carbocycles. The van der Waals surface area contributed by atoms with Crippen LogP contribution in [0.4, 0.5) is 19.3 Å². The highest BCUT2D eigenvalue weighted by atomic mass is 19.1. The molecule has 7 heteroatoms. The van der Waals surface area contributed by atoms with E-state index in [4.69, 9.17) is 4.74 Å². The van der Waals surface area contributed by atoms with E-state index in [9.17, 15) is 13.6 Å². The van der Waals surface area contributed by atoms with Gasteiger partial charge in [0.15, 0.2) is 0 Å². The summed E-state index contributed by atoms with van der Waals surface area (Å²) in [5.74, 6) is -1.54. The molecule has 2 aliphatic rings. The van der Waals surface area contributed by atoms with Gasteiger partial charge in [0, 0.05) is 13.1 Å². The van der Waals surface area contributed by atoms with Crippen molar-refractivity contribution in [3.05, 3.63) is 29.8 Å². The van der Waals surface area contributed by atoms with Crippen LogP contribution in [0.1, 0.15) is 25.7 Å². The molecular formula is C17H23F2N3O2. The second-order valence-corrected chi connectivity index (χ2v) is 6.30. The first-order chi connectivity index (χ1) is 11.6. The molecule has 5 nitrogen and oxygen atoms in total. The highest BCUT2D eigenvalue weighted by Gasteiger charge is 2.26. The maximum Gasteiger partial charge on any atom is 0.322 e. The Morgan fingerprint density at radius 1 is 1.08 bits per heavy atom. The molecule has 132 valence electrons. The number of piperidine rings is 2. The fraction of sp³-hybridized carbons (Fsp3) is 0.588. The molecule has 1 aromatic carbocycles. The number of para-hydroxylation sites is 1. The second kappa shape index (κ2) is 7.90. The third kappa shape index (κ3) is 4.21. The van der Waals surface area contributed by atoms with Crippen molar-refractivity contribution in [2.45, 2.75) is 37.9 Å². The van der Waals surface area contributed by atoms with E-state index >= 15 is 0 Å². The summed E-state index contributed by atoms with van der Waals surface area (Å²) in [5, 5.41) is 5.64. The quantitative estimate of drug-likeness (QED) is 0.890. The van der Waals surface area contributed by atoms with E-state index in [1.807, 2.05) is 0 Å². The summed E-state index contributed by atoms with van der Waals surface area (Å²) in [5.41, 5.74) is -0.393. The Labute approximate surface area is 140 Å². The van der Waals surface area contributed by atoms with Gasteiger partial charge in [-0.15, -0.1) is 0 Å². The van der Waals surface area contributed by atoms with Crippen LogP contribution in [0.3, 0.4) is 0 Å². The topological polar surface area (TPSA) is 53.6 Å². The number of amides is 2. The number of ether oxygens (including phenoxy) is 1. The van der Waals surface area contributed by atoms with Crippen molar-refractivity contribution in [1.29, 1.82) is 0 Å². The largest absolute Gasteiger partial charge is 0.375 e. The van der Waals surface area contributed by atoms with Crippen LogP contribution in [0.5, 0.6) is 0 Å². The molecule has 2 aliphatic heterocycles. The fourth-order valence-electron chi connectivity index (χ4n) is 3.20. The number of urea groups is 1. The van der Waals surface area contributed by atoms with Gasteiger partial charge in [-0.3, -0.25) is 0 Å². The molecule has 2 fully saturated rings. The highest BCUT2D eigenvalue weighted by molar-refractivity contribution is 5.89. The summed E-state index contributed by atoms with van der Waals surface area (Å²) >= 11 is 0. The number of benzene rings is 1. The van der Waals surface area contributed by atoms with Crippen LogP contribution in [0.15, 0.2) is 18.2 Å². The van der Waals surface area contributed by atoms with E-state index in [0.717, 1.165) is 50.9 Å². The number of nitrogens with one attached hydrogen (secondary N) is 2. The second-order valence-electron chi connectivity index (χ2n) is 6.30. The first kappa shape index (κ1) is 17.1. The zero-order valence-corrected chi connectivity index (χ0v) is 13.6. The fourth-order valence-corrected chi connectivity index (χ4v) is 3.20. The van der Waals surface area contributed by atoms with Gasteiger partial charge in [-0.2, -0.15) is 0 Å². The first-order valence-corrected chi connectivity index (χ1v) is 8.49. The van der Waals surface area contributed by atoms with Crippen molar-refractivity contribution in [3.8, 4) is 0 Å². The molecule has 0 unspecified atom stereocenters. The smallest absolute Gasteiger partial charge is 0.322 e. The Morgan fingerprint density at radius 2 is 1.67 bits per heavy atom.